The molecule has 1 aromatic rings. The first-order chi connectivity index (χ1) is 5.75. The summed E-state index contributed by atoms with van der Waals surface area (Å²) in [4.78, 5) is 4.52. The van der Waals surface area contributed by atoms with Crippen molar-refractivity contribution < 1.29 is 0 Å². The highest BCUT2D eigenvalue weighted by Gasteiger charge is 2.13. The Bertz CT molecular complexity index is 275. The zero-order valence-corrected chi connectivity index (χ0v) is 7.88. The molecule has 0 spiro atoms. The van der Waals surface area contributed by atoms with Crippen molar-refractivity contribution in [3.05, 3.63) is 17.7 Å². The first kappa shape index (κ1) is 7.84. The predicted molar refractivity (Wildman–Crippen MR) is 49.1 cm³/mol. The molecular weight excluding hydrogens is 148 g/mol. The maximum absolute atomic E-state index is 4.52. The smallest absolute Gasteiger partial charge is 0.109 e. The lowest BCUT2D eigenvalue weighted by Gasteiger charge is -2.03. The lowest BCUT2D eigenvalue weighted by molar-refractivity contribution is 0.518. The maximum Gasteiger partial charge on any atom is 0.109 e. The van der Waals surface area contributed by atoms with E-state index in [9.17, 15) is 0 Å². The van der Waals surface area contributed by atoms with Crippen LogP contribution in [-0.2, 0) is 13.0 Å². The van der Waals surface area contributed by atoms with Crippen LogP contribution in [0.1, 0.15) is 31.3 Å². The van der Waals surface area contributed by atoms with Gasteiger partial charge in [-0.05, 0) is 25.7 Å². The highest BCUT2D eigenvalue weighted by atomic mass is 15.1. The zero-order chi connectivity index (χ0) is 8.55. The summed E-state index contributed by atoms with van der Waals surface area (Å²) >= 11 is 0. The van der Waals surface area contributed by atoms with Crippen LogP contribution in [-0.4, -0.2) is 9.55 Å². The monoisotopic (exact) mass is 164 g/mol. The number of aryl methyl sites for hydroxylation is 2. The molecule has 0 aliphatic carbocycles. The van der Waals surface area contributed by atoms with E-state index in [2.05, 4.69) is 29.6 Å². The molecule has 1 aliphatic heterocycles. The van der Waals surface area contributed by atoms with Crippen molar-refractivity contribution in [2.45, 2.75) is 39.7 Å². The van der Waals surface area contributed by atoms with Crippen LogP contribution < -0.4 is 0 Å². The molecule has 1 unspecified atom stereocenters. The van der Waals surface area contributed by atoms with Crippen molar-refractivity contribution in [3.63, 3.8) is 0 Å². The molecule has 2 nitrogen and oxygen atoms in total. The highest BCUT2D eigenvalue weighted by Crippen LogP contribution is 2.18. The first-order valence-corrected chi connectivity index (χ1v) is 4.78. The van der Waals surface area contributed by atoms with E-state index in [1.54, 1.807) is 0 Å². The van der Waals surface area contributed by atoms with Gasteiger partial charge in [-0.1, -0.05) is 6.92 Å². The van der Waals surface area contributed by atoms with Gasteiger partial charge in [-0.15, -0.1) is 0 Å². The molecule has 0 bridgehead atoms. The van der Waals surface area contributed by atoms with Gasteiger partial charge < -0.3 is 4.57 Å². The van der Waals surface area contributed by atoms with Crippen LogP contribution in [0.2, 0.25) is 0 Å². The Kier molecular flexibility index (Phi) is 1.91. The summed E-state index contributed by atoms with van der Waals surface area (Å²) in [5.74, 6) is 2.10. The average Bonchev–Trinajstić information content (AvgIpc) is 2.23. The second kappa shape index (κ2) is 2.92. The minimum absolute atomic E-state index is 0.813. The number of hydrogen-bond acceptors (Lipinski definition) is 1. The third-order valence-electron chi connectivity index (χ3n) is 2.61. The third kappa shape index (κ3) is 1.38. The molecule has 66 valence electrons. The van der Waals surface area contributed by atoms with E-state index >= 15 is 0 Å². The second-order valence-corrected chi connectivity index (χ2v) is 3.94. The summed E-state index contributed by atoms with van der Waals surface area (Å²) < 4.78 is 2.32. The Balaban J connectivity index is 2.30. The highest BCUT2D eigenvalue weighted by molar-refractivity contribution is 5.03. The molecule has 12 heavy (non-hydrogen) atoms. The number of aromatic nitrogens is 2. The molecule has 1 aromatic heterocycles. The third-order valence-corrected chi connectivity index (χ3v) is 2.61. The first-order valence-electron chi connectivity index (χ1n) is 4.78. The number of fused-ring (bicyclic) bond motifs is 1. The predicted octanol–water partition coefficient (Wildman–Crippen LogP) is 2.16. The lowest BCUT2D eigenvalue weighted by Crippen LogP contribution is -2.01. The fourth-order valence-electron chi connectivity index (χ4n) is 1.98. The average molecular weight is 164 g/mol. The molecule has 0 saturated heterocycles. The minimum Gasteiger partial charge on any atom is -0.335 e. The Labute approximate surface area is 73.6 Å². The van der Waals surface area contributed by atoms with Gasteiger partial charge in [-0.3, -0.25) is 0 Å². The van der Waals surface area contributed by atoms with E-state index in [1.807, 2.05) is 0 Å². The van der Waals surface area contributed by atoms with Gasteiger partial charge in [0.15, 0.2) is 0 Å². The summed E-state index contributed by atoms with van der Waals surface area (Å²) in [5, 5.41) is 0. The molecule has 0 radical (unpaired) electrons. The van der Waals surface area contributed by atoms with Crippen LogP contribution in [0.3, 0.4) is 0 Å². The van der Waals surface area contributed by atoms with E-state index in [-0.39, 0.29) is 0 Å². The number of rotatable bonds is 0. The van der Waals surface area contributed by atoms with E-state index in [0.717, 1.165) is 12.3 Å². The quantitative estimate of drug-likeness (QED) is 0.574. The van der Waals surface area contributed by atoms with Gasteiger partial charge in [0.1, 0.15) is 5.82 Å². The minimum atomic E-state index is 0.813. The zero-order valence-electron chi connectivity index (χ0n) is 7.88. The standard InChI is InChI=1S/C10H16N2/c1-8-4-3-5-12-7-9(2)11-10(12)6-8/h7-8H,3-6H2,1-2H3. The van der Waals surface area contributed by atoms with Crippen molar-refractivity contribution >= 4 is 0 Å². The summed E-state index contributed by atoms with van der Waals surface area (Å²) in [6.45, 7) is 5.56. The maximum atomic E-state index is 4.52. The van der Waals surface area contributed by atoms with Crippen LogP contribution in [0.4, 0.5) is 0 Å². The number of hydrogen-bond donors (Lipinski definition) is 0. The van der Waals surface area contributed by atoms with Crippen molar-refractivity contribution in [1.29, 1.82) is 0 Å². The van der Waals surface area contributed by atoms with Crippen LogP contribution >= 0.6 is 0 Å². The molecule has 0 fully saturated rings. The Morgan fingerprint density at radius 1 is 1.58 bits per heavy atom. The van der Waals surface area contributed by atoms with Crippen LogP contribution in [0.25, 0.3) is 0 Å². The summed E-state index contributed by atoms with van der Waals surface area (Å²) in [6, 6.07) is 0. The topological polar surface area (TPSA) is 17.8 Å². The molecule has 0 aromatic carbocycles. The molecule has 1 atom stereocenters. The van der Waals surface area contributed by atoms with Crippen LogP contribution in [0.5, 0.6) is 0 Å². The van der Waals surface area contributed by atoms with Gasteiger partial charge in [0.2, 0.25) is 0 Å². The number of imidazole rings is 1. The van der Waals surface area contributed by atoms with Crippen LogP contribution in [0.15, 0.2) is 6.20 Å². The molecule has 0 amide bonds. The summed E-state index contributed by atoms with van der Waals surface area (Å²) in [5.41, 5.74) is 1.17. The molecule has 0 saturated carbocycles. The van der Waals surface area contributed by atoms with Crippen molar-refractivity contribution in [1.82, 2.24) is 9.55 Å². The van der Waals surface area contributed by atoms with Gasteiger partial charge in [0, 0.05) is 19.2 Å². The lowest BCUT2D eigenvalue weighted by atomic mass is 10.0. The second-order valence-electron chi connectivity index (χ2n) is 3.94. The normalized spacial score (nSPS) is 23.3. The SMILES string of the molecule is Cc1cn2c(n1)CC(C)CCC2. The summed E-state index contributed by atoms with van der Waals surface area (Å²) in [7, 11) is 0. The van der Waals surface area contributed by atoms with E-state index in [1.165, 1.54) is 30.9 Å². The Morgan fingerprint density at radius 2 is 2.42 bits per heavy atom. The van der Waals surface area contributed by atoms with Crippen molar-refractivity contribution in [3.8, 4) is 0 Å². The fourth-order valence-corrected chi connectivity index (χ4v) is 1.98. The molecular formula is C10H16N2. The van der Waals surface area contributed by atoms with Crippen molar-refractivity contribution in [2.75, 3.05) is 0 Å². The van der Waals surface area contributed by atoms with E-state index in [0.29, 0.717) is 0 Å². The van der Waals surface area contributed by atoms with Gasteiger partial charge in [0.05, 0.1) is 5.69 Å². The number of nitrogens with zero attached hydrogens (tertiary/aromatic N) is 2. The van der Waals surface area contributed by atoms with Gasteiger partial charge >= 0.3 is 0 Å². The molecule has 2 rings (SSSR count). The van der Waals surface area contributed by atoms with E-state index < -0.39 is 0 Å². The van der Waals surface area contributed by atoms with Crippen molar-refractivity contribution in [2.24, 2.45) is 5.92 Å². The fraction of sp³-hybridized carbons (Fsp3) is 0.700. The molecule has 0 N–H and O–H groups in total. The summed E-state index contributed by atoms with van der Waals surface area (Å²) in [6.07, 6.45) is 5.99. The molecule has 1 aliphatic rings. The Hall–Kier alpha value is -0.790. The van der Waals surface area contributed by atoms with Gasteiger partial charge in [0.25, 0.3) is 0 Å². The van der Waals surface area contributed by atoms with Crippen LogP contribution in [0, 0.1) is 12.8 Å². The molecule has 2 heterocycles. The largest absolute Gasteiger partial charge is 0.335 e. The van der Waals surface area contributed by atoms with E-state index in [4.69, 9.17) is 0 Å². The Morgan fingerprint density at radius 3 is 3.25 bits per heavy atom. The van der Waals surface area contributed by atoms with Gasteiger partial charge in [-0.25, -0.2) is 4.98 Å². The molecule has 2 heteroatoms. The van der Waals surface area contributed by atoms with Gasteiger partial charge in [-0.2, -0.15) is 0 Å².